The molecule has 0 amide bonds. The van der Waals surface area contributed by atoms with Crippen molar-refractivity contribution in [2.45, 2.75) is 25.2 Å². The molecule has 2 aliphatic rings. The Hall–Kier alpha value is -0.790. The minimum Gasteiger partial charge on any atom is -0.616 e. The Bertz CT molecular complexity index is 542. The average molecular weight is 349 g/mol. The first-order chi connectivity index (χ1) is 10.8. The van der Waals surface area contributed by atoms with Crippen LogP contribution in [0.15, 0.2) is 24.3 Å². The van der Waals surface area contributed by atoms with Crippen molar-refractivity contribution in [1.82, 2.24) is 4.90 Å². The Morgan fingerprint density at radius 1 is 1.22 bits per heavy atom. The summed E-state index contributed by atoms with van der Waals surface area (Å²) >= 11 is -0.702. The maximum Gasteiger partial charge on any atom is 0.416 e. The fourth-order valence-electron chi connectivity index (χ4n) is 3.49. The third-order valence-electron chi connectivity index (χ3n) is 4.65. The van der Waals surface area contributed by atoms with Crippen molar-refractivity contribution < 1.29 is 22.1 Å². The van der Waals surface area contributed by atoms with Crippen LogP contribution >= 0.6 is 0 Å². The van der Waals surface area contributed by atoms with Crippen LogP contribution in [0.4, 0.5) is 17.6 Å². The van der Waals surface area contributed by atoms with Crippen LogP contribution in [-0.4, -0.2) is 46.8 Å². The summed E-state index contributed by atoms with van der Waals surface area (Å²) < 4.78 is 62.9. The molecule has 1 unspecified atom stereocenters. The molecular weight excluding hydrogens is 330 g/mol. The van der Waals surface area contributed by atoms with Gasteiger partial charge in [-0.1, -0.05) is 23.3 Å². The Labute approximate surface area is 136 Å². The number of benzene rings is 1. The van der Waals surface area contributed by atoms with Crippen molar-refractivity contribution in [3.05, 3.63) is 35.4 Å². The predicted octanol–water partition coefficient (Wildman–Crippen LogP) is 3.04. The molecule has 2 aliphatic heterocycles. The van der Waals surface area contributed by atoms with Gasteiger partial charge in [0.25, 0.3) is 0 Å². The van der Waals surface area contributed by atoms with Crippen LogP contribution < -0.4 is 0 Å². The quantitative estimate of drug-likeness (QED) is 0.617. The normalized spacial score (nSPS) is 29.7. The van der Waals surface area contributed by atoms with Crippen LogP contribution in [0.5, 0.6) is 0 Å². The summed E-state index contributed by atoms with van der Waals surface area (Å²) in [5.41, 5.74) is -0.0147. The van der Waals surface area contributed by atoms with Crippen LogP contribution in [0.25, 0.3) is 0 Å². The molecule has 0 saturated carbocycles. The van der Waals surface area contributed by atoms with Gasteiger partial charge in [0.15, 0.2) is 0 Å². The zero-order valence-electron chi connectivity index (χ0n) is 12.6. The Balaban J connectivity index is 1.49. The van der Waals surface area contributed by atoms with Gasteiger partial charge in [0.2, 0.25) is 0 Å². The van der Waals surface area contributed by atoms with E-state index in [1.165, 1.54) is 12.1 Å². The monoisotopic (exact) mass is 349 g/mol. The number of alkyl halides is 4. The van der Waals surface area contributed by atoms with E-state index in [-0.39, 0.29) is 18.4 Å². The molecule has 1 aromatic carbocycles. The van der Waals surface area contributed by atoms with Gasteiger partial charge in [-0.05, 0) is 30.7 Å². The third-order valence-corrected chi connectivity index (χ3v) is 6.52. The topological polar surface area (TPSA) is 26.3 Å². The van der Waals surface area contributed by atoms with Crippen LogP contribution in [0.2, 0.25) is 0 Å². The largest absolute Gasteiger partial charge is 0.616 e. The lowest BCUT2D eigenvalue weighted by Gasteiger charge is -2.38. The van der Waals surface area contributed by atoms with Gasteiger partial charge in [-0.2, -0.15) is 13.2 Å². The van der Waals surface area contributed by atoms with E-state index < -0.39 is 29.1 Å². The maximum atomic E-state index is 14.2. The van der Waals surface area contributed by atoms with Crippen LogP contribution in [-0.2, 0) is 23.8 Å². The first-order valence-electron chi connectivity index (χ1n) is 7.63. The van der Waals surface area contributed by atoms with Crippen molar-refractivity contribution in [3.63, 3.8) is 0 Å². The fraction of sp³-hybridized carbons (Fsp3) is 0.625. The van der Waals surface area contributed by atoms with E-state index in [2.05, 4.69) is 0 Å². The summed E-state index contributed by atoms with van der Waals surface area (Å²) in [6.45, 7) is 1.88. The highest BCUT2D eigenvalue weighted by Gasteiger charge is 2.52. The molecule has 1 aromatic rings. The lowest BCUT2D eigenvalue weighted by Crippen LogP contribution is -2.50. The van der Waals surface area contributed by atoms with Crippen LogP contribution in [0, 0.1) is 5.41 Å². The molecule has 0 aliphatic carbocycles. The molecule has 23 heavy (non-hydrogen) atoms. The average Bonchev–Trinajstić information content (AvgIpc) is 2.81. The summed E-state index contributed by atoms with van der Waals surface area (Å²) in [5.74, 6) is 1.44. The lowest BCUT2D eigenvalue weighted by molar-refractivity contribution is -0.137. The fourth-order valence-corrected chi connectivity index (χ4v) is 5.24. The second-order valence-corrected chi connectivity index (χ2v) is 8.17. The second-order valence-electron chi connectivity index (χ2n) is 6.71. The van der Waals surface area contributed by atoms with E-state index in [9.17, 15) is 22.1 Å². The minimum absolute atomic E-state index is 0.119. The van der Waals surface area contributed by atoms with E-state index in [0.717, 1.165) is 43.1 Å². The molecule has 7 heteroatoms. The molecule has 128 valence electrons. The van der Waals surface area contributed by atoms with Crippen molar-refractivity contribution in [2.75, 3.05) is 31.1 Å². The number of hydrogen-bond donors (Lipinski definition) is 0. The minimum atomic E-state index is -4.36. The SMILES string of the molecule is [O-][S+]1CC2(CCN(CC(F)Cc3ccc(C(F)(F)F)cc3)C2)C1. The van der Waals surface area contributed by atoms with Gasteiger partial charge in [0.05, 0.1) is 11.0 Å². The lowest BCUT2D eigenvalue weighted by atomic mass is 9.91. The Morgan fingerprint density at radius 2 is 1.87 bits per heavy atom. The summed E-state index contributed by atoms with van der Waals surface area (Å²) in [7, 11) is 0. The molecule has 0 aromatic heterocycles. The highest BCUT2D eigenvalue weighted by Crippen LogP contribution is 2.41. The zero-order valence-corrected chi connectivity index (χ0v) is 13.4. The number of halogens is 4. The first-order valence-corrected chi connectivity index (χ1v) is 9.12. The molecule has 1 atom stereocenters. The molecule has 3 rings (SSSR count). The molecule has 2 fully saturated rings. The first kappa shape index (κ1) is 17.0. The maximum absolute atomic E-state index is 14.2. The van der Waals surface area contributed by atoms with Crippen molar-refractivity contribution >= 4 is 11.2 Å². The van der Waals surface area contributed by atoms with Gasteiger partial charge in [0.1, 0.15) is 17.7 Å². The summed E-state index contributed by atoms with van der Waals surface area (Å²) in [5, 5.41) is 0. The summed E-state index contributed by atoms with van der Waals surface area (Å²) in [6, 6.07) is 4.68. The predicted molar refractivity (Wildman–Crippen MR) is 81.4 cm³/mol. The highest BCUT2D eigenvalue weighted by molar-refractivity contribution is 7.92. The summed E-state index contributed by atoms with van der Waals surface area (Å²) in [4.78, 5) is 2.05. The van der Waals surface area contributed by atoms with Gasteiger partial charge >= 0.3 is 6.18 Å². The zero-order chi connectivity index (χ0) is 16.7. The second kappa shape index (κ2) is 6.26. The number of rotatable bonds is 4. The molecular formula is C16H19F4NOS. The van der Waals surface area contributed by atoms with Crippen molar-refractivity contribution in [2.24, 2.45) is 5.41 Å². The van der Waals surface area contributed by atoms with E-state index in [1.54, 1.807) is 0 Å². The number of likely N-dealkylation sites (tertiary alicyclic amines) is 1. The standard InChI is InChI=1S/C16H19F4NOS/c17-14(7-12-1-3-13(4-2-12)16(18,19)20)8-21-6-5-15(9-21)10-23(22)11-15/h1-4,14H,5-11H2. The van der Waals surface area contributed by atoms with Gasteiger partial charge in [-0.25, -0.2) is 4.39 Å². The molecule has 0 radical (unpaired) electrons. The summed E-state index contributed by atoms with van der Waals surface area (Å²) in [6.07, 6.45) is -4.38. The Morgan fingerprint density at radius 3 is 2.43 bits per heavy atom. The number of hydrogen-bond acceptors (Lipinski definition) is 2. The third kappa shape index (κ3) is 4.00. The van der Waals surface area contributed by atoms with Gasteiger partial charge in [-0.15, -0.1) is 0 Å². The molecule has 1 spiro atoms. The molecule has 0 N–H and O–H groups in total. The smallest absolute Gasteiger partial charge is 0.416 e. The molecule has 0 bridgehead atoms. The van der Waals surface area contributed by atoms with E-state index in [4.69, 9.17) is 0 Å². The van der Waals surface area contributed by atoms with E-state index >= 15 is 0 Å². The molecule has 2 heterocycles. The van der Waals surface area contributed by atoms with Gasteiger partial charge < -0.3 is 4.55 Å². The number of nitrogens with zero attached hydrogens (tertiary/aromatic N) is 1. The highest BCUT2D eigenvalue weighted by atomic mass is 32.2. The van der Waals surface area contributed by atoms with Crippen LogP contribution in [0.3, 0.4) is 0 Å². The van der Waals surface area contributed by atoms with Gasteiger partial charge in [0, 0.05) is 19.5 Å². The molecule has 2 saturated heterocycles. The van der Waals surface area contributed by atoms with E-state index in [1.807, 2.05) is 4.90 Å². The van der Waals surface area contributed by atoms with Crippen LogP contribution in [0.1, 0.15) is 17.5 Å². The van der Waals surface area contributed by atoms with Crippen molar-refractivity contribution in [3.8, 4) is 0 Å². The van der Waals surface area contributed by atoms with Gasteiger partial charge in [-0.3, -0.25) is 4.90 Å². The Kier molecular flexibility index (Phi) is 4.64. The van der Waals surface area contributed by atoms with Crippen molar-refractivity contribution in [1.29, 1.82) is 0 Å². The molecule has 2 nitrogen and oxygen atoms in total. The van der Waals surface area contributed by atoms with E-state index in [0.29, 0.717) is 5.56 Å².